The van der Waals surface area contributed by atoms with Gasteiger partial charge in [0.1, 0.15) is 16.4 Å². The van der Waals surface area contributed by atoms with Crippen LogP contribution in [0, 0.1) is 0 Å². The number of nitrogens with zero attached hydrogens (tertiary/aromatic N) is 3. The SMILES string of the molecule is CCOc1ccc(N=C(SCc2cccc3ccccc23)c2c(O)n(C)c(=O)n(C)c2=O)cc1. The summed E-state index contributed by atoms with van der Waals surface area (Å²) >= 11 is 1.33. The van der Waals surface area contributed by atoms with Crippen LogP contribution in [-0.2, 0) is 19.8 Å². The van der Waals surface area contributed by atoms with Crippen LogP contribution in [0.5, 0.6) is 11.6 Å². The molecule has 7 nitrogen and oxygen atoms in total. The van der Waals surface area contributed by atoms with Crippen molar-refractivity contribution < 1.29 is 9.84 Å². The van der Waals surface area contributed by atoms with Gasteiger partial charge in [0.15, 0.2) is 0 Å². The highest BCUT2D eigenvalue weighted by atomic mass is 32.2. The van der Waals surface area contributed by atoms with Crippen molar-refractivity contribution in [3.8, 4) is 11.6 Å². The zero-order chi connectivity index (χ0) is 24.2. The predicted octanol–water partition coefficient (Wildman–Crippen LogP) is 4.35. The zero-order valence-electron chi connectivity index (χ0n) is 19.2. The van der Waals surface area contributed by atoms with Crippen LogP contribution in [0.1, 0.15) is 18.1 Å². The van der Waals surface area contributed by atoms with Crippen molar-refractivity contribution in [2.24, 2.45) is 19.1 Å². The summed E-state index contributed by atoms with van der Waals surface area (Å²) in [5.41, 5.74) is 0.452. The first-order chi connectivity index (χ1) is 16.4. The van der Waals surface area contributed by atoms with Crippen molar-refractivity contribution in [1.82, 2.24) is 9.13 Å². The Morgan fingerprint density at radius 3 is 2.41 bits per heavy atom. The average molecular weight is 476 g/mol. The minimum Gasteiger partial charge on any atom is -0.494 e. The normalized spacial score (nSPS) is 11.7. The Labute approximate surface area is 201 Å². The number of rotatable bonds is 6. The Hall–Kier alpha value is -3.78. The smallest absolute Gasteiger partial charge is 0.333 e. The molecule has 174 valence electrons. The Bertz CT molecular complexity index is 1480. The molecule has 8 heteroatoms. The highest BCUT2D eigenvalue weighted by Crippen LogP contribution is 2.29. The molecule has 1 heterocycles. The molecule has 1 aromatic heterocycles. The fraction of sp³-hybridized carbons (Fsp3) is 0.192. The number of benzene rings is 3. The van der Waals surface area contributed by atoms with Crippen LogP contribution in [0.4, 0.5) is 5.69 Å². The standard InChI is InChI=1S/C26H25N3O4S/c1-4-33-20-14-12-19(13-15-20)27-23(22-24(30)28(2)26(32)29(3)25(22)31)34-16-18-10-7-9-17-8-5-6-11-21(17)18/h5-15,30H,4,16H2,1-3H3. The summed E-state index contributed by atoms with van der Waals surface area (Å²) in [6.07, 6.45) is 0. The number of aromatic hydroxyl groups is 1. The maximum Gasteiger partial charge on any atom is 0.333 e. The molecule has 0 bridgehead atoms. The van der Waals surface area contributed by atoms with Gasteiger partial charge in [-0.2, -0.15) is 0 Å². The predicted molar refractivity (Wildman–Crippen MR) is 138 cm³/mol. The summed E-state index contributed by atoms with van der Waals surface area (Å²) in [6, 6.07) is 21.3. The number of aliphatic imine (C=N–C) groups is 1. The second-order valence-electron chi connectivity index (χ2n) is 7.68. The summed E-state index contributed by atoms with van der Waals surface area (Å²) in [5, 5.41) is 13.3. The van der Waals surface area contributed by atoms with Crippen LogP contribution in [0.25, 0.3) is 10.8 Å². The largest absolute Gasteiger partial charge is 0.494 e. The first-order valence-corrected chi connectivity index (χ1v) is 11.8. The Balaban J connectivity index is 1.81. The molecule has 1 N–H and O–H groups in total. The molecule has 0 atom stereocenters. The van der Waals surface area contributed by atoms with E-state index in [0.29, 0.717) is 28.8 Å². The Morgan fingerprint density at radius 1 is 0.971 bits per heavy atom. The quantitative estimate of drug-likeness (QED) is 0.331. The topological polar surface area (TPSA) is 85.8 Å². The number of aromatic nitrogens is 2. The van der Waals surface area contributed by atoms with E-state index in [4.69, 9.17) is 9.73 Å². The van der Waals surface area contributed by atoms with Gasteiger partial charge in [-0.1, -0.05) is 42.5 Å². The second-order valence-corrected chi connectivity index (χ2v) is 8.64. The molecule has 0 unspecified atom stereocenters. The summed E-state index contributed by atoms with van der Waals surface area (Å²) in [7, 11) is 2.81. The summed E-state index contributed by atoms with van der Waals surface area (Å²) < 4.78 is 7.51. The molecule has 0 amide bonds. The monoisotopic (exact) mass is 475 g/mol. The van der Waals surface area contributed by atoms with Gasteiger partial charge in [-0.15, -0.1) is 11.8 Å². The molecule has 0 aliphatic carbocycles. The van der Waals surface area contributed by atoms with Crippen LogP contribution in [0.15, 0.2) is 81.3 Å². The lowest BCUT2D eigenvalue weighted by atomic mass is 10.1. The number of ether oxygens (including phenoxy) is 1. The lowest BCUT2D eigenvalue weighted by molar-refractivity contribution is 0.340. The molecule has 0 fully saturated rings. The van der Waals surface area contributed by atoms with Crippen LogP contribution in [0.3, 0.4) is 0 Å². The van der Waals surface area contributed by atoms with Crippen molar-refractivity contribution in [2.75, 3.05) is 6.61 Å². The fourth-order valence-electron chi connectivity index (χ4n) is 3.65. The summed E-state index contributed by atoms with van der Waals surface area (Å²) in [4.78, 5) is 30.0. The van der Waals surface area contributed by atoms with Crippen molar-refractivity contribution in [3.05, 3.63) is 98.7 Å². The van der Waals surface area contributed by atoms with E-state index >= 15 is 0 Å². The minimum atomic E-state index is -0.606. The van der Waals surface area contributed by atoms with Gasteiger partial charge in [0, 0.05) is 19.8 Å². The van der Waals surface area contributed by atoms with E-state index in [1.165, 1.54) is 25.9 Å². The summed E-state index contributed by atoms with van der Waals surface area (Å²) in [5.74, 6) is 0.818. The van der Waals surface area contributed by atoms with Gasteiger partial charge in [0.25, 0.3) is 5.56 Å². The lowest BCUT2D eigenvalue weighted by Gasteiger charge is -2.13. The van der Waals surface area contributed by atoms with Crippen LogP contribution in [-0.4, -0.2) is 25.9 Å². The van der Waals surface area contributed by atoms with Crippen molar-refractivity contribution in [2.45, 2.75) is 12.7 Å². The Kier molecular flexibility index (Phi) is 6.88. The third-order valence-corrected chi connectivity index (χ3v) is 6.49. The number of hydrogen-bond donors (Lipinski definition) is 1. The van der Waals surface area contributed by atoms with Gasteiger partial charge < -0.3 is 9.84 Å². The third-order valence-electron chi connectivity index (χ3n) is 5.47. The van der Waals surface area contributed by atoms with Gasteiger partial charge in [-0.05, 0) is 47.5 Å². The van der Waals surface area contributed by atoms with E-state index in [1.807, 2.05) is 43.3 Å². The van der Waals surface area contributed by atoms with Crippen molar-refractivity contribution in [3.63, 3.8) is 0 Å². The molecule has 3 aromatic carbocycles. The number of fused-ring (bicyclic) bond motifs is 1. The van der Waals surface area contributed by atoms with Crippen LogP contribution in [0.2, 0.25) is 0 Å². The highest BCUT2D eigenvalue weighted by Gasteiger charge is 2.21. The molecule has 0 spiro atoms. The molecular weight excluding hydrogens is 450 g/mol. The van der Waals surface area contributed by atoms with E-state index in [-0.39, 0.29) is 5.56 Å². The van der Waals surface area contributed by atoms with Crippen molar-refractivity contribution >= 4 is 33.3 Å². The second kappa shape index (κ2) is 10.0. The van der Waals surface area contributed by atoms with Gasteiger partial charge in [0.2, 0.25) is 5.88 Å². The summed E-state index contributed by atoms with van der Waals surface area (Å²) in [6.45, 7) is 2.46. The molecule has 0 aliphatic rings. The van der Waals surface area contributed by atoms with E-state index < -0.39 is 17.1 Å². The zero-order valence-corrected chi connectivity index (χ0v) is 20.0. The first kappa shape index (κ1) is 23.4. The van der Waals surface area contributed by atoms with E-state index in [9.17, 15) is 14.7 Å². The molecule has 0 aliphatic heterocycles. The van der Waals surface area contributed by atoms with Gasteiger partial charge in [0.05, 0.1) is 12.3 Å². The molecular formula is C26H25N3O4S. The third kappa shape index (κ3) is 4.63. The van der Waals surface area contributed by atoms with Gasteiger partial charge >= 0.3 is 5.69 Å². The van der Waals surface area contributed by atoms with E-state index in [0.717, 1.165) is 25.5 Å². The van der Waals surface area contributed by atoms with Crippen molar-refractivity contribution in [1.29, 1.82) is 0 Å². The number of hydrogen-bond acceptors (Lipinski definition) is 6. The minimum absolute atomic E-state index is 0.0104. The number of thioether (sulfide) groups is 1. The fourth-order valence-corrected chi connectivity index (χ4v) is 4.68. The molecule has 34 heavy (non-hydrogen) atoms. The van der Waals surface area contributed by atoms with Gasteiger partial charge in [-0.3, -0.25) is 13.9 Å². The maximum atomic E-state index is 13.0. The molecule has 0 radical (unpaired) electrons. The lowest BCUT2D eigenvalue weighted by Crippen LogP contribution is -2.39. The molecule has 0 saturated heterocycles. The maximum absolute atomic E-state index is 13.0. The average Bonchev–Trinajstić information content (AvgIpc) is 2.86. The van der Waals surface area contributed by atoms with E-state index in [2.05, 4.69) is 6.07 Å². The Morgan fingerprint density at radius 2 is 1.68 bits per heavy atom. The van der Waals surface area contributed by atoms with E-state index in [1.54, 1.807) is 24.3 Å². The van der Waals surface area contributed by atoms with Crippen LogP contribution < -0.4 is 16.0 Å². The molecule has 4 rings (SSSR count). The molecule has 4 aromatic rings. The van der Waals surface area contributed by atoms with Gasteiger partial charge in [-0.25, -0.2) is 9.79 Å². The highest BCUT2D eigenvalue weighted by molar-refractivity contribution is 8.13. The first-order valence-electron chi connectivity index (χ1n) is 10.8. The van der Waals surface area contributed by atoms with Crippen LogP contribution >= 0.6 is 11.8 Å². The molecule has 0 saturated carbocycles.